The molecule has 2 unspecified atom stereocenters. The summed E-state index contributed by atoms with van der Waals surface area (Å²) in [7, 11) is 1.67. The van der Waals surface area contributed by atoms with Crippen LogP contribution >= 0.6 is 0 Å². The van der Waals surface area contributed by atoms with E-state index < -0.39 is 18.2 Å². The van der Waals surface area contributed by atoms with Gasteiger partial charge in [-0.2, -0.15) is 0 Å². The van der Waals surface area contributed by atoms with Crippen LogP contribution in [0.25, 0.3) is 0 Å². The first kappa shape index (κ1) is 20.7. The molecule has 9 nitrogen and oxygen atoms in total. The Balaban J connectivity index is 1.23. The Kier molecular flexibility index (Phi) is 5.04. The van der Waals surface area contributed by atoms with E-state index in [9.17, 15) is 14.0 Å². The molecule has 0 bridgehead atoms. The highest BCUT2D eigenvalue weighted by molar-refractivity contribution is 6.05. The number of rotatable bonds is 4. The lowest BCUT2D eigenvalue weighted by atomic mass is 10.1. The Morgan fingerprint density at radius 3 is 2.41 bits per heavy atom. The molecular formula is C22H28FN7O2. The summed E-state index contributed by atoms with van der Waals surface area (Å²) in [5.74, 6) is 0.230. The number of allylic oxidation sites excluding steroid dienone is 2. The van der Waals surface area contributed by atoms with E-state index in [0.29, 0.717) is 0 Å². The first-order valence-corrected chi connectivity index (χ1v) is 11.0. The third-order valence-corrected chi connectivity index (χ3v) is 6.97. The maximum atomic E-state index is 13.2. The number of anilines is 1. The maximum Gasteiger partial charge on any atom is 0.325 e. The SMILES string of the molecule is CC1=C(C)N2C(=NC3C2C(=O)NC(=O)N3C)N1CCN1CCN(c2ccc(F)cc2)CC1. The Morgan fingerprint density at radius 1 is 1.03 bits per heavy atom. The molecule has 0 aliphatic carbocycles. The molecule has 5 rings (SSSR count). The first-order valence-electron chi connectivity index (χ1n) is 11.0. The van der Waals surface area contributed by atoms with Gasteiger partial charge in [0.1, 0.15) is 5.82 Å². The van der Waals surface area contributed by atoms with Gasteiger partial charge in [0.15, 0.2) is 12.2 Å². The maximum absolute atomic E-state index is 13.2. The highest BCUT2D eigenvalue weighted by Gasteiger charge is 2.53. The summed E-state index contributed by atoms with van der Waals surface area (Å²) in [5.41, 5.74) is 3.13. The number of aliphatic imine (C=N–C) groups is 1. The molecule has 0 aromatic heterocycles. The highest BCUT2D eigenvalue weighted by atomic mass is 19.1. The number of benzene rings is 1. The van der Waals surface area contributed by atoms with Gasteiger partial charge in [-0.3, -0.25) is 19.9 Å². The lowest BCUT2D eigenvalue weighted by Crippen LogP contribution is -2.63. The number of nitrogens with zero attached hydrogens (tertiary/aromatic N) is 6. The van der Waals surface area contributed by atoms with E-state index in [2.05, 4.69) is 20.0 Å². The Bertz CT molecular complexity index is 1000. The molecular weight excluding hydrogens is 413 g/mol. The number of guanidine groups is 1. The summed E-state index contributed by atoms with van der Waals surface area (Å²) in [5, 5.41) is 2.43. The van der Waals surface area contributed by atoms with Crippen molar-refractivity contribution in [3.63, 3.8) is 0 Å². The van der Waals surface area contributed by atoms with Crippen LogP contribution in [0.3, 0.4) is 0 Å². The summed E-state index contributed by atoms with van der Waals surface area (Å²) in [6.45, 7) is 9.31. The fraction of sp³-hybridized carbons (Fsp3) is 0.500. The van der Waals surface area contributed by atoms with Gasteiger partial charge in [-0.15, -0.1) is 0 Å². The number of likely N-dealkylation sites (N-methyl/N-ethyl adjacent to an activating group) is 1. The molecule has 0 spiro atoms. The minimum atomic E-state index is -0.521. The Morgan fingerprint density at radius 2 is 1.72 bits per heavy atom. The summed E-state index contributed by atoms with van der Waals surface area (Å²) < 4.78 is 13.2. The largest absolute Gasteiger partial charge is 0.369 e. The average Bonchev–Trinajstić information content (AvgIpc) is 3.28. The molecule has 0 saturated carbocycles. The van der Waals surface area contributed by atoms with E-state index in [-0.39, 0.29) is 11.7 Å². The standard InChI is InChI=1S/C22H28FN7O2/c1-14-15(2)30-18-19(26(3)22(32)25-20(18)31)24-21(30)29(14)13-10-27-8-11-28(12-9-27)17-6-4-16(23)5-7-17/h4-7,18-19H,8-13H2,1-3H3,(H,25,31,32). The van der Waals surface area contributed by atoms with Gasteiger partial charge in [-0.05, 0) is 38.1 Å². The number of hydrogen-bond donors (Lipinski definition) is 1. The number of hydrogen-bond acceptors (Lipinski definition) is 7. The second-order valence-electron chi connectivity index (χ2n) is 8.69. The summed E-state index contributed by atoms with van der Waals surface area (Å²) in [6.07, 6.45) is -0.504. The third kappa shape index (κ3) is 3.29. The normalized spacial score (nSPS) is 25.9. The van der Waals surface area contributed by atoms with Gasteiger partial charge in [0, 0.05) is 63.4 Å². The summed E-state index contributed by atoms with van der Waals surface area (Å²) >= 11 is 0. The van der Waals surface area contributed by atoms with Gasteiger partial charge in [-0.25, -0.2) is 14.2 Å². The number of amides is 3. The fourth-order valence-electron chi connectivity index (χ4n) is 4.92. The van der Waals surface area contributed by atoms with Crippen LogP contribution < -0.4 is 10.2 Å². The van der Waals surface area contributed by atoms with Crippen LogP contribution in [-0.2, 0) is 4.79 Å². The second kappa shape index (κ2) is 7.77. The van der Waals surface area contributed by atoms with E-state index in [0.717, 1.165) is 62.3 Å². The predicted molar refractivity (Wildman–Crippen MR) is 118 cm³/mol. The predicted octanol–water partition coefficient (Wildman–Crippen LogP) is 1.06. The molecule has 2 atom stereocenters. The van der Waals surface area contributed by atoms with E-state index in [1.54, 1.807) is 7.05 Å². The van der Waals surface area contributed by atoms with E-state index in [1.165, 1.54) is 17.0 Å². The van der Waals surface area contributed by atoms with E-state index >= 15 is 0 Å². The van der Waals surface area contributed by atoms with E-state index in [4.69, 9.17) is 4.99 Å². The minimum absolute atomic E-state index is 0.214. The topological polar surface area (TPSA) is 74.7 Å². The Labute approximate surface area is 186 Å². The number of imide groups is 1. The molecule has 1 aromatic carbocycles. The molecule has 4 aliphatic rings. The van der Waals surface area contributed by atoms with Crippen LogP contribution in [0.1, 0.15) is 13.8 Å². The van der Waals surface area contributed by atoms with Crippen LogP contribution in [0.15, 0.2) is 40.7 Å². The molecule has 0 radical (unpaired) electrons. The van der Waals surface area contributed by atoms with Gasteiger partial charge >= 0.3 is 6.03 Å². The van der Waals surface area contributed by atoms with Crippen molar-refractivity contribution in [3.05, 3.63) is 41.5 Å². The molecule has 3 amide bonds. The number of carbonyl (C=O) groups excluding carboxylic acids is 2. The van der Waals surface area contributed by atoms with Crippen LogP contribution in [0.2, 0.25) is 0 Å². The second-order valence-corrected chi connectivity index (χ2v) is 8.69. The molecule has 10 heteroatoms. The average molecular weight is 442 g/mol. The van der Waals surface area contributed by atoms with Crippen molar-refractivity contribution in [1.82, 2.24) is 24.9 Å². The Hall–Kier alpha value is -3.14. The van der Waals surface area contributed by atoms with Gasteiger partial charge < -0.3 is 14.7 Å². The van der Waals surface area contributed by atoms with Crippen molar-refractivity contribution in [2.45, 2.75) is 26.1 Å². The zero-order valence-corrected chi connectivity index (χ0v) is 18.6. The number of halogens is 1. The van der Waals surface area contributed by atoms with Gasteiger partial charge in [-0.1, -0.05) is 0 Å². The van der Waals surface area contributed by atoms with E-state index in [1.807, 2.05) is 30.9 Å². The quantitative estimate of drug-likeness (QED) is 0.753. The molecule has 1 N–H and O–H groups in total. The number of carbonyl (C=O) groups is 2. The zero-order chi connectivity index (χ0) is 22.6. The molecule has 32 heavy (non-hydrogen) atoms. The third-order valence-electron chi connectivity index (χ3n) is 6.97. The van der Waals surface area contributed by atoms with Crippen molar-refractivity contribution in [3.8, 4) is 0 Å². The molecule has 1 aromatic rings. The number of piperazine rings is 1. The number of fused-ring (bicyclic) bond motifs is 3. The fourth-order valence-corrected chi connectivity index (χ4v) is 4.92. The molecule has 2 fully saturated rings. The summed E-state index contributed by atoms with van der Waals surface area (Å²) in [4.78, 5) is 39.7. The number of urea groups is 1. The van der Waals surface area contributed by atoms with Crippen molar-refractivity contribution >= 4 is 23.6 Å². The van der Waals surface area contributed by atoms with Crippen LogP contribution in [0.5, 0.6) is 0 Å². The summed E-state index contributed by atoms with van der Waals surface area (Å²) in [6, 6.07) is 5.73. The minimum Gasteiger partial charge on any atom is -0.369 e. The van der Waals surface area contributed by atoms with Crippen LogP contribution in [0.4, 0.5) is 14.9 Å². The molecule has 170 valence electrons. The van der Waals surface area contributed by atoms with Crippen molar-refractivity contribution in [1.29, 1.82) is 0 Å². The smallest absolute Gasteiger partial charge is 0.325 e. The van der Waals surface area contributed by atoms with Crippen molar-refractivity contribution in [2.75, 3.05) is 51.2 Å². The first-order chi connectivity index (χ1) is 15.3. The van der Waals surface area contributed by atoms with Gasteiger partial charge in [0.25, 0.3) is 5.91 Å². The molecule has 2 saturated heterocycles. The molecule has 4 aliphatic heterocycles. The number of nitrogens with one attached hydrogen (secondary N) is 1. The highest BCUT2D eigenvalue weighted by Crippen LogP contribution is 2.35. The zero-order valence-electron chi connectivity index (χ0n) is 18.6. The molecule has 4 heterocycles. The van der Waals surface area contributed by atoms with Gasteiger partial charge in [0.2, 0.25) is 5.96 Å². The van der Waals surface area contributed by atoms with Gasteiger partial charge in [0.05, 0.1) is 0 Å². The lowest BCUT2D eigenvalue weighted by molar-refractivity contribution is -0.126. The lowest BCUT2D eigenvalue weighted by Gasteiger charge is -2.37. The van der Waals surface area contributed by atoms with Crippen molar-refractivity contribution in [2.24, 2.45) is 4.99 Å². The monoisotopic (exact) mass is 441 g/mol. The van der Waals surface area contributed by atoms with Crippen molar-refractivity contribution < 1.29 is 14.0 Å². The van der Waals surface area contributed by atoms with Crippen LogP contribution in [-0.4, -0.2) is 96.0 Å². The van der Waals surface area contributed by atoms with Crippen LogP contribution in [0, 0.1) is 5.82 Å².